The number of benzene rings is 1. The number of rotatable bonds is 3. The standard InChI is InChI=1S/C17H19N3O/c21-17(15-9-11-4-5-12(15)8-11)19-14-3-1-2-13(10-14)16-6-7-18-20-16/h1-3,6-7,10-12,15H,4-5,8-9H2,(H,18,20)(H,19,21)/t11-,12-,15-/m0/s1. The van der Waals surface area contributed by atoms with Gasteiger partial charge in [0.2, 0.25) is 5.91 Å². The predicted molar refractivity (Wildman–Crippen MR) is 81.6 cm³/mol. The molecule has 2 saturated carbocycles. The number of H-pyrrole nitrogens is 1. The maximum absolute atomic E-state index is 12.5. The number of fused-ring (bicyclic) bond motifs is 2. The van der Waals surface area contributed by atoms with Gasteiger partial charge >= 0.3 is 0 Å². The lowest BCUT2D eigenvalue weighted by molar-refractivity contribution is -0.121. The molecule has 1 heterocycles. The van der Waals surface area contributed by atoms with Gasteiger partial charge in [0.15, 0.2) is 0 Å². The molecule has 1 aromatic heterocycles. The number of nitrogens with zero attached hydrogens (tertiary/aromatic N) is 1. The van der Waals surface area contributed by atoms with Crippen LogP contribution in [-0.4, -0.2) is 16.1 Å². The Hall–Kier alpha value is -2.10. The highest BCUT2D eigenvalue weighted by Crippen LogP contribution is 2.48. The molecule has 0 spiro atoms. The summed E-state index contributed by atoms with van der Waals surface area (Å²) >= 11 is 0. The van der Waals surface area contributed by atoms with Crippen LogP contribution < -0.4 is 5.32 Å². The van der Waals surface area contributed by atoms with Crippen LogP contribution in [-0.2, 0) is 4.79 Å². The summed E-state index contributed by atoms with van der Waals surface area (Å²) in [6.07, 6.45) is 6.62. The molecular weight excluding hydrogens is 262 g/mol. The number of hydrogen-bond acceptors (Lipinski definition) is 2. The smallest absolute Gasteiger partial charge is 0.227 e. The molecule has 0 saturated heterocycles. The molecule has 4 nitrogen and oxygen atoms in total. The van der Waals surface area contributed by atoms with Crippen LogP contribution in [0.15, 0.2) is 36.5 Å². The molecule has 0 aliphatic heterocycles. The minimum absolute atomic E-state index is 0.198. The van der Waals surface area contributed by atoms with E-state index in [2.05, 4.69) is 15.5 Å². The van der Waals surface area contributed by atoms with E-state index in [1.807, 2.05) is 30.3 Å². The van der Waals surface area contributed by atoms with Crippen molar-refractivity contribution < 1.29 is 4.79 Å². The Kier molecular flexibility index (Phi) is 3.02. The highest BCUT2D eigenvalue weighted by Gasteiger charge is 2.42. The maximum Gasteiger partial charge on any atom is 0.227 e. The van der Waals surface area contributed by atoms with Crippen molar-refractivity contribution in [3.63, 3.8) is 0 Å². The van der Waals surface area contributed by atoms with Crippen molar-refractivity contribution in [2.24, 2.45) is 17.8 Å². The fourth-order valence-corrected chi connectivity index (χ4v) is 3.98. The molecule has 2 N–H and O–H groups in total. The molecule has 2 aliphatic carbocycles. The van der Waals surface area contributed by atoms with Crippen LogP contribution >= 0.6 is 0 Å². The molecule has 0 unspecified atom stereocenters. The summed E-state index contributed by atoms with van der Waals surface area (Å²) < 4.78 is 0. The van der Waals surface area contributed by atoms with Gasteiger partial charge in [-0.1, -0.05) is 18.6 Å². The SMILES string of the molecule is O=C(Nc1cccc(-c2ccn[nH]2)c1)[C@H]1C[C@H]2CC[C@H]1C2. The van der Waals surface area contributed by atoms with E-state index >= 15 is 0 Å². The molecule has 108 valence electrons. The largest absolute Gasteiger partial charge is 0.326 e. The van der Waals surface area contributed by atoms with E-state index in [0.29, 0.717) is 5.92 Å². The zero-order chi connectivity index (χ0) is 14.2. The fraction of sp³-hybridized carbons (Fsp3) is 0.412. The Balaban J connectivity index is 1.50. The van der Waals surface area contributed by atoms with Gasteiger partial charge < -0.3 is 5.32 Å². The van der Waals surface area contributed by atoms with Crippen LogP contribution in [0.3, 0.4) is 0 Å². The third kappa shape index (κ3) is 2.35. The monoisotopic (exact) mass is 281 g/mol. The Bertz CT molecular complexity index is 650. The summed E-state index contributed by atoms with van der Waals surface area (Å²) in [6.45, 7) is 0. The van der Waals surface area contributed by atoms with Gasteiger partial charge in [0.05, 0.1) is 5.69 Å². The van der Waals surface area contributed by atoms with Gasteiger partial charge in [0.1, 0.15) is 0 Å². The lowest BCUT2D eigenvalue weighted by Gasteiger charge is -2.20. The molecule has 1 amide bonds. The Morgan fingerprint density at radius 1 is 1.24 bits per heavy atom. The maximum atomic E-state index is 12.5. The second-order valence-electron chi connectivity index (χ2n) is 6.32. The molecule has 0 radical (unpaired) electrons. The van der Waals surface area contributed by atoms with Crippen molar-refractivity contribution in [1.82, 2.24) is 10.2 Å². The normalized spacial score (nSPS) is 27.0. The molecular formula is C17H19N3O. The minimum Gasteiger partial charge on any atom is -0.326 e. The van der Waals surface area contributed by atoms with Crippen molar-refractivity contribution in [3.8, 4) is 11.3 Å². The second kappa shape index (κ2) is 5.02. The van der Waals surface area contributed by atoms with Crippen LogP contribution in [0.1, 0.15) is 25.7 Å². The van der Waals surface area contributed by atoms with Crippen molar-refractivity contribution in [3.05, 3.63) is 36.5 Å². The fourth-order valence-electron chi connectivity index (χ4n) is 3.98. The molecule has 2 bridgehead atoms. The first kappa shape index (κ1) is 12.6. The Labute approximate surface area is 124 Å². The lowest BCUT2D eigenvalue weighted by Crippen LogP contribution is -2.27. The first-order valence-electron chi connectivity index (χ1n) is 7.70. The lowest BCUT2D eigenvalue weighted by atomic mass is 9.88. The van der Waals surface area contributed by atoms with Crippen molar-refractivity contribution >= 4 is 11.6 Å². The number of aromatic amines is 1. The number of carbonyl (C=O) groups excluding carboxylic acids is 1. The van der Waals surface area contributed by atoms with E-state index in [1.54, 1.807) is 6.20 Å². The van der Waals surface area contributed by atoms with E-state index < -0.39 is 0 Å². The third-order valence-corrected chi connectivity index (χ3v) is 5.02. The molecule has 21 heavy (non-hydrogen) atoms. The number of hydrogen-bond donors (Lipinski definition) is 2. The number of amides is 1. The van der Waals surface area contributed by atoms with E-state index in [1.165, 1.54) is 19.3 Å². The van der Waals surface area contributed by atoms with Crippen molar-refractivity contribution in [1.29, 1.82) is 0 Å². The average molecular weight is 281 g/mol. The molecule has 4 rings (SSSR count). The number of carbonyl (C=O) groups is 1. The molecule has 2 aromatic rings. The van der Waals surface area contributed by atoms with Crippen LogP contribution in [0.25, 0.3) is 11.3 Å². The van der Waals surface area contributed by atoms with E-state index in [-0.39, 0.29) is 11.8 Å². The summed E-state index contributed by atoms with van der Waals surface area (Å²) in [5.41, 5.74) is 2.87. The minimum atomic E-state index is 0.198. The van der Waals surface area contributed by atoms with E-state index in [4.69, 9.17) is 0 Å². The first-order valence-corrected chi connectivity index (χ1v) is 7.70. The number of nitrogens with one attached hydrogen (secondary N) is 2. The Morgan fingerprint density at radius 2 is 2.19 bits per heavy atom. The summed E-state index contributed by atoms with van der Waals surface area (Å²) in [6, 6.07) is 9.85. The summed E-state index contributed by atoms with van der Waals surface area (Å²) in [7, 11) is 0. The van der Waals surface area contributed by atoms with Gasteiger partial charge in [-0.3, -0.25) is 9.89 Å². The predicted octanol–water partition coefficient (Wildman–Crippen LogP) is 3.45. The topological polar surface area (TPSA) is 57.8 Å². The molecule has 2 aliphatic rings. The van der Waals surface area contributed by atoms with E-state index in [9.17, 15) is 4.79 Å². The van der Waals surface area contributed by atoms with Gasteiger partial charge in [-0.25, -0.2) is 0 Å². The van der Waals surface area contributed by atoms with E-state index in [0.717, 1.165) is 29.3 Å². The van der Waals surface area contributed by atoms with Gasteiger partial charge in [0, 0.05) is 23.4 Å². The Morgan fingerprint density at radius 3 is 2.90 bits per heavy atom. The average Bonchev–Trinajstić information content (AvgIpc) is 3.24. The van der Waals surface area contributed by atoms with Crippen LogP contribution in [0.5, 0.6) is 0 Å². The molecule has 4 heteroatoms. The number of anilines is 1. The third-order valence-electron chi connectivity index (χ3n) is 5.02. The molecule has 3 atom stereocenters. The highest BCUT2D eigenvalue weighted by molar-refractivity contribution is 5.93. The zero-order valence-corrected chi connectivity index (χ0v) is 11.9. The van der Waals surface area contributed by atoms with Crippen LogP contribution in [0.4, 0.5) is 5.69 Å². The van der Waals surface area contributed by atoms with Gasteiger partial charge in [-0.05, 0) is 49.3 Å². The summed E-state index contributed by atoms with van der Waals surface area (Å²) in [4.78, 5) is 12.5. The highest BCUT2D eigenvalue weighted by atomic mass is 16.1. The van der Waals surface area contributed by atoms with Crippen molar-refractivity contribution in [2.75, 3.05) is 5.32 Å². The van der Waals surface area contributed by atoms with Crippen molar-refractivity contribution in [2.45, 2.75) is 25.7 Å². The molecule has 2 fully saturated rings. The first-order chi connectivity index (χ1) is 10.3. The molecule has 1 aromatic carbocycles. The number of aromatic nitrogens is 2. The van der Waals surface area contributed by atoms with Crippen LogP contribution in [0, 0.1) is 17.8 Å². The van der Waals surface area contributed by atoms with Gasteiger partial charge in [-0.2, -0.15) is 5.10 Å². The second-order valence-corrected chi connectivity index (χ2v) is 6.32. The van der Waals surface area contributed by atoms with Crippen LogP contribution in [0.2, 0.25) is 0 Å². The van der Waals surface area contributed by atoms with Gasteiger partial charge in [0.25, 0.3) is 0 Å². The summed E-state index contributed by atoms with van der Waals surface area (Å²) in [5, 5.41) is 10.0. The van der Waals surface area contributed by atoms with Gasteiger partial charge in [-0.15, -0.1) is 0 Å². The zero-order valence-electron chi connectivity index (χ0n) is 11.9. The summed E-state index contributed by atoms with van der Waals surface area (Å²) in [5.74, 6) is 1.83. The quantitative estimate of drug-likeness (QED) is 0.905.